The van der Waals surface area contributed by atoms with E-state index in [1.807, 2.05) is 11.0 Å². The molecule has 1 aliphatic rings. The maximum Gasteiger partial charge on any atom is 0.320 e. The topological polar surface area (TPSA) is 97.9 Å². The van der Waals surface area contributed by atoms with E-state index in [0.717, 1.165) is 18.4 Å². The molecule has 8 nitrogen and oxygen atoms in total. The highest BCUT2D eigenvalue weighted by Crippen LogP contribution is 2.31. The summed E-state index contributed by atoms with van der Waals surface area (Å²) < 4.78 is 15.8. The summed E-state index contributed by atoms with van der Waals surface area (Å²) in [6.45, 7) is 1.04. The first-order valence-electron chi connectivity index (χ1n) is 8.14. The molecule has 25 heavy (non-hydrogen) atoms. The smallest absolute Gasteiger partial charge is 0.320 e. The molecule has 1 aromatic heterocycles. The molecule has 2 aromatic rings. The van der Waals surface area contributed by atoms with Gasteiger partial charge in [0, 0.05) is 5.56 Å². The molecule has 1 aromatic carbocycles. The number of hydrogen-bond acceptors (Lipinski definition) is 7. The molecule has 1 aliphatic heterocycles. The fourth-order valence-corrected chi connectivity index (χ4v) is 3.05. The third-order valence-electron chi connectivity index (χ3n) is 4.35. The first-order valence-corrected chi connectivity index (χ1v) is 8.14. The normalized spacial score (nSPS) is 18.1. The van der Waals surface area contributed by atoms with Crippen molar-refractivity contribution in [2.45, 2.75) is 31.8 Å². The molecule has 1 atom stereocenters. The van der Waals surface area contributed by atoms with Crippen LogP contribution in [0, 0.1) is 0 Å². The average molecular weight is 347 g/mol. The van der Waals surface area contributed by atoms with E-state index in [4.69, 9.17) is 14.0 Å². The van der Waals surface area contributed by atoms with E-state index in [9.17, 15) is 9.90 Å². The molecule has 1 saturated heterocycles. The van der Waals surface area contributed by atoms with E-state index in [0.29, 0.717) is 42.7 Å². The van der Waals surface area contributed by atoms with Crippen LogP contribution < -0.4 is 9.47 Å². The molecular formula is C17H21N3O5. The highest BCUT2D eigenvalue weighted by atomic mass is 16.5. The lowest BCUT2D eigenvalue weighted by molar-refractivity contribution is -0.145. The largest absolute Gasteiger partial charge is 0.493 e. The molecule has 0 radical (unpaired) electrons. The van der Waals surface area contributed by atoms with Crippen LogP contribution in [-0.4, -0.2) is 52.9 Å². The molecule has 0 bridgehead atoms. The molecule has 1 N–H and O–H groups in total. The van der Waals surface area contributed by atoms with Crippen LogP contribution in [0.15, 0.2) is 22.7 Å². The third kappa shape index (κ3) is 3.74. The lowest BCUT2D eigenvalue weighted by Gasteiger charge is -2.31. The van der Waals surface area contributed by atoms with Crippen molar-refractivity contribution in [2.24, 2.45) is 0 Å². The molecule has 3 rings (SSSR count). The first-order chi connectivity index (χ1) is 12.1. The number of nitrogens with zero attached hydrogens (tertiary/aromatic N) is 3. The van der Waals surface area contributed by atoms with Gasteiger partial charge in [-0.15, -0.1) is 0 Å². The summed E-state index contributed by atoms with van der Waals surface area (Å²) in [5.74, 6) is 1.22. The van der Waals surface area contributed by atoms with Crippen molar-refractivity contribution in [3.05, 3.63) is 24.1 Å². The minimum atomic E-state index is -0.806. The number of aromatic nitrogens is 2. The number of piperidine rings is 1. The Labute approximate surface area is 145 Å². The van der Waals surface area contributed by atoms with Crippen LogP contribution in [-0.2, 0) is 11.3 Å². The predicted molar refractivity (Wildman–Crippen MR) is 88.5 cm³/mol. The lowest BCUT2D eigenvalue weighted by atomic mass is 10.0. The Hall–Kier alpha value is -2.61. The summed E-state index contributed by atoms with van der Waals surface area (Å²) in [4.78, 5) is 17.6. The summed E-state index contributed by atoms with van der Waals surface area (Å²) in [7, 11) is 3.13. The zero-order valence-corrected chi connectivity index (χ0v) is 14.3. The summed E-state index contributed by atoms with van der Waals surface area (Å²) in [6, 6.07) is 4.87. The highest BCUT2D eigenvalue weighted by molar-refractivity contribution is 5.73. The Bertz CT molecular complexity index is 746. The van der Waals surface area contributed by atoms with Crippen molar-refractivity contribution in [3.8, 4) is 22.9 Å². The number of hydrogen-bond donors (Lipinski definition) is 1. The molecule has 0 amide bonds. The van der Waals surface area contributed by atoms with Gasteiger partial charge in [-0.1, -0.05) is 11.6 Å². The minimum Gasteiger partial charge on any atom is -0.493 e. The maximum absolute atomic E-state index is 11.4. The van der Waals surface area contributed by atoms with Gasteiger partial charge in [0.15, 0.2) is 11.5 Å². The van der Waals surface area contributed by atoms with Crippen molar-refractivity contribution in [3.63, 3.8) is 0 Å². The number of benzene rings is 1. The average Bonchev–Trinajstić information content (AvgIpc) is 3.10. The second kappa shape index (κ2) is 7.52. The van der Waals surface area contributed by atoms with E-state index < -0.39 is 12.0 Å². The second-order valence-electron chi connectivity index (χ2n) is 5.90. The number of rotatable bonds is 6. The van der Waals surface area contributed by atoms with Crippen molar-refractivity contribution in [1.82, 2.24) is 15.0 Å². The van der Waals surface area contributed by atoms with E-state index in [2.05, 4.69) is 10.1 Å². The molecule has 2 heterocycles. The number of likely N-dealkylation sites (tertiary alicyclic amines) is 1. The summed E-state index contributed by atoms with van der Waals surface area (Å²) in [6.07, 6.45) is 2.54. The molecule has 0 saturated carbocycles. The second-order valence-corrected chi connectivity index (χ2v) is 5.90. The van der Waals surface area contributed by atoms with Gasteiger partial charge < -0.3 is 19.1 Å². The van der Waals surface area contributed by atoms with Gasteiger partial charge >= 0.3 is 5.97 Å². The molecule has 8 heteroatoms. The van der Waals surface area contributed by atoms with Gasteiger partial charge in [0.25, 0.3) is 0 Å². The van der Waals surface area contributed by atoms with Crippen LogP contribution in [0.2, 0.25) is 0 Å². The van der Waals surface area contributed by atoms with Crippen molar-refractivity contribution < 1.29 is 23.9 Å². The molecular weight excluding hydrogens is 326 g/mol. The van der Waals surface area contributed by atoms with Crippen LogP contribution in [0.3, 0.4) is 0 Å². The Kier molecular flexibility index (Phi) is 5.18. The van der Waals surface area contributed by atoms with E-state index in [1.54, 1.807) is 26.4 Å². The van der Waals surface area contributed by atoms with E-state index >= 15 is 0 Å². The van der Waals surface area contributed by atoms with Gasteiger partial charge in [-0.3, -0.25) is 9.69 Å². The fourth-order valence-electron chi connectivity index (χ4n) is 3.05. The monoisotopic (exact) mass is 347 g/mol. The Morgan fingerprint density at radius 2 is 2.12 bits per heavy atom. The SMILES string of the molecule is COc1ccc(-c2noc(CN3CCCC[C@H]3C(=O)O)n2)cc1OC. The highest BCUT2D eigenvalue weighted by Gasteiger charge is 2.29. The summed E-state index contributed by atoms with van der Waals surface area (Å²) >= 11 is 0. The van der Waals surface area contributed by atoms with E-state index in [1.165, 1.54) is 0 Å². The van der Waals surface area contributed by atoms with Crippen LogP contribution in [0.5, 0.6) is 11.5 Å². The van der Waals surface area contributed by atoms with Gasteiger partial charge in [0.05, 0.1) is 20.8 Å². The Morgan fingerprint density at radius 3 is 2.84 bits per heavy atom. The number of carbonyl (C=O) groups is 1. The molecule has 0 aliphatic carbocycles. The number of carboxylic acids is 1. The number of aliphatic carboxylic acids is 1. The zero-order chi connectivity index (χ0) is 17.8. The fraction of sp³-hybridized carbons (Fsp3) is 0.471. The first kappa shape index (κ1) is 17.2. The van der Waals surface area contributed by atoms with Gasteiger partial charge in [0.2, 0.25) is 11.7 Å². The maximum atomic E-state index is 11.4. The van der Waals surface area contributed by atoms with Gasteiger partial charge in [-0.2, -0.15) is 4.98 Å². The third-order valence-corrected chi connectivity index (χ3v) is 4.35. The Balaban J connectivity index is 1.77. The standard InChI is InChI=1S/C17H21N3O5/c1-23-13-7-6-11(9-14(13)24-2)16-18-15(25-19-16)10-20-8-4-3-5-12(20)17(21)22/h6-7,9,12H,3-5,8,10H2,1-2H3,(H,21,22)/t12-/m0/s1. The van der Waals surface area contributed by atoms with Gasteiger partial charge in [-0.25, -0.2) is 0 Å². The number of ether oxygens (including phenoxy) is 2. The molecule has 1 fully saturated rings. The van der Waals surface area contributed by atoms with Crippen LogP contribution in [0.1, 0.15) is 25.2 Å². The molecule has 0 unspecified atom stereocenters. The summed E-state index contributed by atoms with van der Waals surface area (Å²) in [5, 5.41) is 13.3. The Morgan fingerprint density at radius 1 is 1.32 bits per heavy atom. The quantitative estimate of drug-likeness (QED) is 0.849. The van der Waals surface area contributed by atoms with Crippen molar-refractivity contribution in [1.29, 1.82) is 0 Å². The molecule has 134 valence electrons. The van der Waals surface area contributed by atoms with Crippen LogP contribution >= 0.6 is 0 Å². The number of methoxy groups -OCH3 is 2. The van der Waals surface area contributed by atoms with Crippen LogP contribution in [0.4, 0.5) is 0 Å². The zero-order valence-electron chi connectivity index (χ0n) is 14.3. The minimum absolute atomic E-state index is 0.331. The van der Waals surface area contributed by atoms with E-state index in [-0.39, 0.29) is 0 Å². The van der Waals surface area contributed by atoms with Gasteiger partial charge in [-0.05, 0) is 37.6 Å². The van der Waals surface area contributed by atoms with Crippen molar-refractivity contribution in [2.75, 3.05) is 20.8 Å². The summed E-state index contributed by atoms with van der Waals surface area (Å²) in [5.41, 5.74) is 0.737. The lowest BCUT2D eigenvalue weighted by Crippen LogP contribution is -2.44. The molecule has 0 spiro atoms. The van der Waals surface area contributed by atoms with Crippen molar-refractivity contribution >= 4 is 5.97 Å². The predicted octanol–water partition coefficient (Wildman–Crippen LogP) is 2.19. The van der Waals surface area contributed by atoms with Crippen LogP contribution in [0.25, 0.3) is 11.4 Å². The van der Waals surface area contributed by atoms with Gasteiger partial charge in [0.1, 0.15) is 6.04 Å². The number of carboxylic acid groups (broad SMARTS) is 1.